The van der Waals surface area contributed by atoms with Crippen LogP contribution in [-0.4, -0.2) is 37.0 Å². The van der Waals surface area contributed by atoms with Crippen LogP contribution < -0.4 is 11.1 Å². The molecule has 0 aromatic heterocycles. The molecule has 0 saturated heterocycles. The maximum atomic E-state index is 11.8. The average Bonchev–Trinajstić information content (AvgIpc) is 2.38. The molecule has 0 heterocycles. The van der Waals surface area contributed by atoms with Crippen LogP contribution in [0, 0.1) is 0 Å². The molecule has 100 valence electrons. The number of nitrogens with zero attached hydrogens (tertiary/aromatic N) is 1. The Balaban J connectivity index is 2.40. The topological polar surface area (TPSA) is 58.4 Å². The van der Waals surface area contributed by atoms with Crippen molar-refractivity contribution in [1.82, 2.24) is 10.2 Å². The van der Waals surface area contributed by atoms with Crippen molar-refractivity contribution in [2.45, 2.75) is 26.4 Å². The summed E-state index contributed by atoms with van der Waals surface area (Å²) in [6, 6.07) is 7.88. The number of hydrogen-bond acceptors (Lipinski definition) is 3. The maximum Gasteiger partial charge on any atom is 0.251 e. The van der Waals surface area contributed by atoms with E-state index in [1.54, 1.807) is 0 Å². The molecule has 0 saturated carbocycles. The van der Waals surface area contributed by atoms with Crippen molar-refractivity contribution >= 4 is 5.91 Å². The lowest BCUT2D eigenvalue weighted by Gasteiger charge is -2.20. The van der Waals surface area contributed by atoms with Crippen LogP contribution in [-0.2, 0) is 6.54 Å². The Morgan fingerprint density at radius 1 is 1.33 bits per heavy atom. The van der Waals surface area contributed by atoms with Crippen molar-refractivity contribution in [1.29, 1.82) is 0 Å². The predicted octanol–water partition coefficient (Wildman–Crippen LogP) is 1.22. The van der Waals surface area contributed by atoms with E-state index in [4.69, 9.17) is 5.73 Å². The largest absolute Gasteiger partial charge is 0.351 e. The van der Waals surface area contributed by atoms with Crippen LogP contribution in [0.3, 0.4) is 0 Å². The molecule has 4 heteroatoms. The van der Waals surface area contributed by atoms with E-state index in [0.29, 0.717) is 24.7 Å². The second-order valence-corrected chi connectivity index (χ2v) is 4.73. The molecule has 3 N–H and O–H groups in total. The molecule has 0 fully saturated rings. The number of hydrogen-bond donors (Lipinski definition) is 2. The summed E-state index contributed by atoms with van der Waals surface area (Å²) in [6.45, 7) is 6.28. The number of likely N-dealkylation sites (N-methyl/N-ethyl adjacent to an activating group) is 1. The maximum absolute atomic E-state index is 11.8. The van der Waals surface area contributed by atoms with Gasteiger partial charge < -0.3 is 16.0 Å². The number of carbonyl (C=O) groups excluding carboxylic acids is 1. The number of benzene rings is 1. The average molecular weight is 249 g/mol. The van der Waals surface area contributed by atoms with E-state index in [1.165, 1.54) is 0 Å². The van der Waals surface area contributed by atoms with Gasteiger partial charge in [0, 0.05) is 31.2 Å². The lowest BCUT2D eigenvalue weighted by Crippen LogP contribution is -2.36. The predicted molar refractivity (Wildman–Crippen MR) is 74.4 cm³/mol. The molecule has 0 unspecified atom stereocenters. The summed E-state index contributed by atoms with van der Waals surface area (Å²) in [4.78, 5) is 14.0. The Morgan fingerprint density at radius 3 is 2.44 bits per heavy atom. The summed E-state index contributed by atoms with van der Waals surface area (Å²) in [6.07, 6.45) is 0. The molecule has 0 atom stereocenters. The SMILES string of the molecule is CC(C)N(C)CCNC(=O)c1ccc(CN)cc1. The quantitative estimate of drug-likeness (QED) is 0.797. The summed E-state index contributed by atoms with van der Waals surface area (Å²) in [5.41, 5.74) is 7.23. The van der Waals surface area contributed by atoms with E-state index in [2.05, 4.69) is 24.1 Å². The first-order valence-electron chi connectivity index (χ1n) is 6.32. The van der Waals surface area contributed by atoms with Gasteiger partial charge in [-0.25, -0.2) is 0 Å². The van der Waals surface area contributed by atoms with Gasteiger partial charge in [0.25, 0.3) is 5.91 Å². The summed E-state index contributed by atoms with van der Waals surface area (Å²) >= 11 is 0. The van der Waals surface area contributed by atoms with Crippen molar-refractivity contribution in [3.8, 4) is 0 Å². The van der Waals surface area contributed by atoms with Gasteiger partial charge in [0.05, 0.1) is 0 Å². The fourth-order valence-electron chi connectivity index (χ4n) is 1.50. The smallest absolute Gasteiger partial charge is 0.251 e. The number of carbonyl (C=O) groups is 1. The van der Waals surface area contributed by atoms with Crippen molar-refractivity contribution in [3.63, 3.8) is 0 Å². The van der Waals surface area contributed by atoms with Crippen LogP contribution in [0.1, 0.15) is 29.8 Å². The van der Waals surface area contributed by atoms with Crippen LogP contribution in [0.4, 0.5) is 0 Å². The zero-order chi connectivity index (χ0) is 13.5. The minimum Gasteiger partial charge on any atom is -0.351 e. The fraction of sp³-hybridized carbons (Fsp3) is 0.500. The van der Waals surface area contributed by atoms with Gasteiger partial charge in [-0.1, -0.05) is 12.1 Å². The van der Waals surface area contributed by atoms with Gasteiger partial charge >= 0.3 is 0 Å². The van der Waals surface area contributed by atoms with Crippen LogP contribution in [0.25, 0.3) is 0 Å². The monoisotopic (exact) mass is 249 g/mol. The molecule has 0 aliphatic carbocycles. The molecule has 0 aliphatic rings. The van der Waals surface area contributed by atoms with Crippen molar-refractivity contribution in [2.24, 2.45) is 5.73 Å². The molecule has 1 rings (SSSR count). The molecule has 1 amide bonds. The number of amides is 1. The van der Waals surface area contributed by atoms with Gasteiger partial charge in [0.1, 0.15) is 0 Å². The highest BCUT2D eigenvalue weighted by Crippen LogP contribution is 2.03. The van der Waals surface area contributed by atoms with Gasteiger partial charge in [-0.05, 0) is 38.6 Å². The molecule has 0 radical (unpaired) electrons. The molecule has 1 aromatic carbocycles. The van der Waals surface area contributed by atoms with Gasteiger partial charge in [0.2, 0.25) is 0 Å². The van der Waals surface area contributed by atoms with Crippen LogP contribution in [0.5, 0.6) is 0 Å². The molecule has 4 nitrogen and oxygen atoms in total. The number of nitrogens with two attached hydrogens (primary N) is 1. The van der Waals surface area contributed by atoms with Gasteiger partial charge in [-0.15, -0.1) is 0 Å². The van der Waals surface area contributed by atoms with E-state index in [0.717, 1.165) is 12.1 Å². The highest BCUT2D eigenvalue weighted by molar-refractivity contribution is 5.94. The van der Waals surface area contributed by atoms with Crippen molar-refractivity contribution in [2.75, 3.05) is 20.1 Å². The zero-order valence-corrected chi connectivity index (χ0v) is 11.4. The second kappa shape index (κ2) is 7.13. The zero-order valence-electron chi connectivity index (χ0n) is 11.4. The first kappa shape index (κ1) is 14.7. The lowest BCUT2D eigenvalue weighted by atomic mass is 10.1. The van der Waals surface area contributed by atoms with Crippen molar-refractivity contribution < 1.29 is 4.79 Å². The lowest BCUT2D eigenvalue weighted by molar-refractivity contribution is 0.0948. The summed E-state index contributed by atoms with van der Waals surface area (Å²) in [7, 11) is 2.05. The van der Waals surface area contributed by atoms with E-state index in [-0.39, 0.29) is 5.91 Å². The fourth-order valence-corrected chi connectivity index (χ4v) is 1.50. The third kappa shape index (κ3) is 4.47. The van der Waals surface area contributed by atoms with E-state index in [1.807, 2.05) is 31.3 Å². The molecule has 0 spiro atoms. The Bertz CT molecular complexity index is 373. The van der Waals surface area contributed by atoms with Gasteiger partial charge in [-0.3, -0.25) is 4.79 Å². The highest BCUT2D eigenvalue weighted by Gasteiger charge is 2.06. The molecular formula is C14H23N3O. The Morgan fingerprint density at radius 2 is 1.94 bits per heavy atom. The number of rotatable bonds is 6. The minimum absolute atomic E-state index is 0.0317. The Kier molecular flexibility index (Phi) is 5.82. The molecule has 0 aliphatic heterocycles. The van der Waals surface area contributed by atoms with Crippen LogP contribution >= 0.6 is 0 Å². The van der Waals surface area contributed by atoms with E-state index < -0.39 is 0 Å². The minimum atomic E-state index is -0.0317. The van der Waals surface area contributed by atoms with E-state index in [9.17, 15) is 4.79 Å². The van der Waals surface area contributed by atoms with Crippen LogP contribution in [0.15, 0.2) is 24.3 Å². The summed E-state index contributed by atoms with van der Waals surface area (Å²) < 4.78 is 0. The second-order valence-electron chi connectivity index (χ2n) is 4.73. The summed E-state index contributed by atoms with van der Waals surface area (Å²) in [5, 5.41) is 2.91. The van der Waals surface area contributed by atoms with Crippen molar-refractivity contribution in [3.05, 3.63) is 35.4 Å². The summed E-state index contributed by atoms with van der Waals surface area (Å²) in [5.74, 6) is -0.0317. The normalized spacial score (nSPS) is 11.0. The molecule has 18 heavy (non-hydrogen) atoms. The molecule has 1 aromatic rings. The first-order valence-corrected chi connectivity index (χ1v) is 6.32. The Labute approximate surface area is 109 Å². The van der Waals surface area contributed by atoms with Gasteiger partial charge in [0.15, 0.2) is 0 Å². The van der Waals surface area contributed by atoms with Gasteiger partial charge in [-0.2, -0.15) is 0 Å². The number of nitrogens with one attached hydrogen (secondary N) is 1. The highest BCUT2D eigenvalue weighted by atomic mass is 16.1. The Hall–Kier alpha value is -1.39. The third-order valence-corrected chi connectivity index (χ3v) is 3.08. The third-order valence-electron chi connectivity index (χ3n) is 3.08. The molecule has 0 bridgehead atoms. The standard InChI is InChI=1S/C14H23N3O/c1-11(2)17(3)9-8-16-14(18)13-6-4-12(10-15)5-7-13/h4-7,11H,8-10,15H2,1-3H3,(H,16,18). The first-order chi connectivity index (χ1) is 8.54. The molecular weight excluding hydrogens is 226 g/mol. The van der Waals surface area contributed by atoms with Crippen LogP contribution in [0.2, 0.25) is 0 Å². The van der Waals surface area contributed by atoms with E-state index >= 15 is 0 Å².